The van der Waals surface area contributed by atoms with Gasteiger partial charge in [-0.05, 0) is 43.5 Å². The highest BCUT2D eigenvalue weighted by Crippen LogP contribution is 2.20. The maximum Gasteiger partial charge on any atom is 0.187 e. The molecule has 0 atom stereocenters. The van der Waals surface area contributed by atoms with Crippen molar-refractivity contribution in [2.24, 2.45) is 5.10 Å². The van der Waals surface area contributed by atoms with Gasteiger partial charge in [-0.3, -0.25) is 5.43 Å². The zero-order chi connectivity index (χ0) is 13.5. The van der Waals surface area contributed by atoms with Crippen molar-refractivity contribution in [2.75, 3.05) is 6.54 Å². The Balaban J connectivity index is 2.10. The van der Waals surface area contributed by atoms with Gasteiger partial charge in [-0.1, -0.05) is 30.3 Å². The Morgan fingerprint density at radius 1 is 1.32 bits per heavy atom. The van der Waals surface area contributed by atoms with E-state index in [1.165, 1.54) is 24.0 Å². The van der Waals surface area contributed by atoms with Crippen molar-refractivity contribution < 1.29 is 0 Å². The van der Waals surface area contributed by atoms with E-state index in [2.05, 4.69) is 46.7 Å². The van der Waals surface area contributed by atoms with Gasteiger partial charge < -0.3 is 5.32 Å². The molecule has 0 aliphatic heterocycles. The molecule has 1 aromatic rings. The zero-order valence-electron chi connectivity index (χ0n) is 11.0. The van der Waals surface area contributed by atoms with Crippen LogP contribution in [-0.2, 0) is 6.42 Å². The van der Waals surface area contributed by atoms with Crippen molar-refractivity contribution in [3.63, 3.8) is 0 Å². The van der Waals surface area contributed by atoms with Crippen LogP contribution in [0.2, 0.25) is 0 Å². The zero-order valence-corrected chi connectivity index (χ0v) is 11.8. The van der Waals surface area contributed by atoms with Crippen LogP contribution in [0, 0.1) is 0 Å². The van der Waals surface area contributed by atoms with Gasteiger partial charge in [0.25, 0.3) is 0 Å². The van der Waals surface area contributed by atoms with Gasteiger partial charge in [-0.15, -0.1) is 6.58 Å². The molecule has 4 heteroatoms. The molecule has 0 unspecified atom stereocenters. The molecule has 2 rings (SSSR count). The molecule has 0 radical (unpaired) electrons. The van der Waals surface area contributed by atoms with Crippen LogP contribution in [0.3, 0.4) is 0 Å². The number of aryl methyl sites for hydroxylation is 1. The van der Waals surface area contributed by atoms with Crippen LogP contribution in [0.1, 0.15) is 30.4 Å². The lowest BCUT2D eigenvalue weighted by molar-refractivity contribution is 0.773. The second-order valence-corrected chi connectivity index (χ2v) is 4.94. The van der Waals surface area contributed by atoms with E-state index >= 15 is 0 Å². The van der Waals surface area contributed by atoms with Gasteiger partial charge >= 0.3 is 0 Å². The summed E-state index contributed by atoms with van der Waals surface area (Å²) in [4.78, 5) is 0. The molecule has 1 aliphatic carbocycles. The van der Waals surface area contributed by atoms with E-state index in [9.17, 15) is 0 Å². The lowest BCUT2D eigenvalue weighted by atomic mass is 10.0. The van der Waals surface area contributed by atoms with Crippen LogP contribution < -0.4 is 10.7 Å². The van der Waals surface area contributed by atoms with E-state index in [-0.39, 0.29) is 0 Å². The summed E-state index contributed by atoms with van der Waals surface area (Å²) in [6.45, 7) is 4.29. The maximum absolute atomic E-state index is 5.14. The van der Waals surface area contributed by atoms with Crippen molar-refractivity contribution in [3.05, 3.63) is 48.0 Å². The summed E-state index contributed by atoms with van der Waals surface area (Å²) in [7, 11) is 0. The molecular formula is C15H19N3S. The Hall–Kier alpha value is -1.68. The number of nitrogens with zero attached hydrogens (tertiary/aromatic N) is 1. The first kappa shape index (κ1) is 13.7. The molecule has 1 aromatic carbocycles. The number of rotatable bonds is 3. The molecule has 19 heavy (non-hydrogen) atoms. The number of hydrogen-bond acceptors (Lipinski definition) is 2. The van der Waals surface area contributed by atoms with Crippen LogP contribution in [-0.4, -0.2) is 17.4 Å². The first-order chi connectivity index (χ1) is 9.31. The third-order valence-corrected chi connectivity index (χ3v) is 3.37. The fourth-order valence-corrected chi connectivity index (χ4v) is 2.33. The summed E-state index contributed by atoms with van der Waals surface area (Å²) in [5.74, 6) is 0. The smallest absolute Gasteiger partial charge is 0.187 e. The Morgan fingerprint density at radius 2 is 2.11 bits per heavy atom. The van der Waals surface area contributed by atoms with Gasteiger partial charge in [0.05, 0.1) is 5.71 Å². The van der Waals surface area contributed by atoms with Crippen molar-refractivity contribution in [1.29, 1.82) is 0 Å². The highest BCUT2D eigenvalue weighted by molar-refractivity contribution is 7.80. The first-order valence-corrected chi connectivity index (χ1v) is 7.01. The fraction of sp³-hybridized carbons (Fsp3) is 0.333. The SMILES string of the molecule is C=CCNC(=S)N/N=C1/CCCCc2ccccc21. The van der Waals surface area contributed by atoms with E-state index in [4.69, 9.17) is 12.2 Å². The third kappa shape index (κ3) is 3.89. The predicted molar refractivity (Wildman–Crippen MR) is 84.5 cm³/mol. The molecular weight excluding hydrogens is 254 g/mol. The molecule has 0 bridgehead atoms. The van der Waals surface area contributed by atoms with Crippen molar-refractivity contribution in [3.8, 4) is 0 Å². The Kier molecular flexibility index (Phi) is 5.10. The second kappa shape index (κ2) is 7.04. The molecule has 100 valence electrons. The molecule has 3 nitrogen and oxygen atoms in total. The molecule has 1 aliphatic rings. The lowest BCUT2D eigenvalue weighted by Gasteiger charge is -2.09. The first-order valence-electron chi connectivity index (χ1n) is 6.61. The lowest BCUT2D eigenvalue weighted by Crippen LogP contribution is -2.32. The van der Waals surface area contributed by atoms with Crippen molar-refractivity contribution in [2.45, 2.75) is 25.7 Å². The summed E-state index contributed by atoms with van der Waals surface area (Å²) < 4.78 is 0. The Bertz CT molecular complexity index is 494. The minimum absolute atomic E-state index is 0.536. The topological polar surface area (TPSA) is 36.4 Å². The van der Waals surface area contributed by atoms with Crippen LogP contribution in [0.5, 0.6) is 0 Å². The summed E-state index contributed by atoms with van der Waals surface area (Å²) in [6, 6.07) is 8.48. The summed E-state index contributed by atoms with van der Waals surface area (Å²) in [5.41, 5.74) is 6.64. The molecule has 0 aromatic heterocycles. The quantitative estimate of drug-likeness (QED) is 0.385. The molecule has 0 fully saturated rings. The number of hydrogen-bond donors (Lipinski definition) is 2. The van der Waals surface area contributed by atoms with Gasteiger partial charge in [-0.25, -0.2) is 0 Å². The van der Waals surface area contributed by atoms with E-state index in [1.54, 1.807) is 6.08 Å². The molecule has 0 heterocycles. The minimum atomic E-state index is 0.536. The largest absolute Gasteiger partial charge is 0.358 e. The standard InChI is InChI=1S/C15H19N3S/c1-2-11-16-15(19)18-17-14-10-6-4-8-12-7-3-5-9-13(12)14/h2-3,5,7,9H,1,4,6,8,10-11H2,(H2,16,18,19)/b17-14-. The van der Waals surface area contributed by atoms with E-state index in [0.717, 1.165) is 18.6 Å². The number of nitrogens with one attached hydrogen (secondary N) is 2. The van der Waals surface area contributed by atoms with E-state index in [0.29, 0.717) is 11.7 Å². The number of fused-ring (bicyclic) bond motifs is 1. The summed E-state index contributed by atoms with van der Waals surface area (Å²) >= 11 is 5.14. The van der Waals surface area contributed by atoms with Gasteiger partial charge in [0.1, 0.15) is 0 Å². The normalized spacial score (nSPS) is 16.3. The monoisotopic (exact) mass is 273 g/mol. The van der Waals surface area contributed by atoms with Crippen LogP contribution in [0.15, 0.2) is 42.0 Å². The fourth-order valence-electron chi connectivity index (χ4n) is 2.20. The Morgan fingerprint density at radius 3 is 2.95 bits per heavy atom. The third-order valence-electron chi connectivity index (χ3n) is 3.14. The highest BCUT2D eigenvalue weighted by atomic mass is 32.1. The van der Waals surface area contributed by atoms with Gasteiger partial charge in [-0.2, -0.15) is 5.10 Å². The van der Waals surface area contributed by atoms with Crippen LogP contribution in [0.4, 0.5) is 0 Å². The number of benzene rings is 1. The van der Waals surface area contributed by atoms with Crippen molar-refractivity contribution >= 4 is 23.0 Å². The predicted octanol–water partition coefficient (Wildman–Crippen LogP) is 2.77. The molecule has 0 saturated carbocycles. The maximum atomic E-state index is 5.14. The second-order valence-electron chi connectivity index (χ2n) is 4.53. The van der Waals surface area contributed by atoms with Crippen LogP contribution in [0.25, 0.3) is 0 Å². The van der Waals surface area contributed by atoms with E-state index in [1.807, 2.05) is 0 Å². The van der Waals surface area contributed by atoms with E-state index < -0.39 is 0 Å². The molecule has 0 saturated heterocycles. The Labute approximate surface area is 119 Å². The van der Waals surface area contributed by atoms with Gasteiger partial charge in [0.15, 0.2) is 5.11 Å². The minimum Gasteiger partial charge on any atom is -0.358 e. The summed E-state index contributed by atoms with van der Waals surface area (Å²) in [5, 5.41) is 8.01. The highest BCUT2D eigenvalue weighted by Gasteiger charge is 2.13. The average molecular weight is 273 g/mol. The van der Waals surface area contributed by atoms with Gasteiger partial charge in [0.2, 0.25) is 0 Å². The van der Waals surface area contributed by atoms with Gasteiger partial charge in [0, 0.05) is 12.1 Å². The number of hydrazone groups is 1. The molecule has 0 spiro atoms. The molecule has 2 N–H and O–H groups in total. The van der Waals surface area contributed by atoms with Crippen LogP contribution >= 0.6 is 12.2 Å². The molecule has 0 amide bonds. The number of thiocarbonyl (C=S) groups is 1. The average Bonchev–Trinajstić information content (AvgIpc) is 2.65. The summed E-state index contributed by atoms with van der Waals surface area (Å²) in [6.07, 6.45) is 6.28. The van der Waals surface area contributed by atoms with Crippen molar-refractivity contribution in [1.82, 2.24) is 10.7 Å².